The van der Waals surface area contributed by atoms with Gasteiger partial charge in [0.15, 0.2) is 25.4 Å². The van der Waals surface area contributed by atoms with Crippen molar-refractivity contribution in [1.82, 2.24) is 19.5 Å². The van der Waals surface area contributed by atoms with Gasteiger partial charge in [-0.05, 0) is 26.0 Å². The molecule has 3 aromatic rings. The zero-order valence-corrected chi connectivity index (χ0v) is 21.5. The number of fused-ring (bicyclic) bond motifs is 1. The number of anilines is 3. The number of nitrogens with two attached hydrogens (primary N) is 1. The largest absolute Gasteiger partial charge is 0.387 e. The Kier molecular flexibility index (Phi) is 9.10. The van der Waals surface area contributed by atoms with Crippen LogP contribution in [0, 0.1) is 5.92 Å². The van der Waals surface area contributed by atoms with E-state index in [0.29, 0.717) is 47.2 Å². The molecule has 0 aliphatic carbocycles. The predicted molar refractivity (Wildman–Crippen MR) is 140 cm³/mol. The van der Waals surface area contributed by atoms with E-state index in [-0.39, 0.29) is 17.9 Å². The average Bonchev–Trinajstić information content (AvgIpc) is 3.21. The van der Waals surface area contributed by atoms with Crippen molar-refractivity contribution in [2.75, 3.05) is 29.6 Å². The third-order valence-electron chi connectivity index (χ3n) is 4.95. The monoisotopic (exact) mass is 506 g/mol. The van der Waals surface area contributed by atoms with E-state index < -0.39 is 16.5 Å². The van der Waals surface area contributed by atoms with Crippen molar-refractivity contribution in [3.05, 3.63) is 30.6 Å². The summed E-state index contributed by atoms with van der Waals surface area (Å²) < 4.78 is 1.98. The fourth-order valence-electron chi connectivity index (χ4n) is 3.05. The highest BCUT2D eigenvalue weighted by molar-refractivity contribution is 7.71. The third-order valence-corrected chi connectivity index (χ3v) is 7.92. The van der Waals surface area contributed by atoms with E-state index in [1.807, 2.05) is 30.5 Å². The quantitative estimate of drug-likeness (QED) is 0.0992. The molecule has 34 heavy (non-hydrogen) atoms. The van der Waals surface area contributed by atoms with Crippen molar-refractivity contribution in [2.24, 2.45) is 16.6 Å². The summed E-state index contributed by atoms with van der Waals surface area (Å²) in [5.41, 5.74) is 8.00. The van der Waals surface area contributed by atoms with Gasteiger partial charge in [0.1, 0.15) is 0 Å². The molecule has 184 valence electrons. The molecule has 1 atom stereocenters. The third kappa shape index (κ3) is 6.81. The fraction of sp³-hybridized carbons (Fsp3) is 0.429. The summed E-state index contributed by atoms with van der Waals surface area (Å²) in [6.07, 6.45) is 1.75. The number of aliphatic imine (C=N–C) groups is 1. The number of imidazole rings is 1. The van der Waals surface area contributed by atoms with Gasteiger partial charge in [0.25, 0.3) is 0 Å². The van der Waals surface area contributed by atoms with Crippen LogP contribution in [0.25, 0.3) is 11.2 Å². The Morgan fingerprint density at radius 1 is 1.12 bits per heavy atom. The van der Waals surface area contributed by atoms with Crippen LogP contribution in [0.5, 0.6) is 0 Å². The summed E-state index contributed by atoms with van der Waals surface area (Å²) in [5, 5.41) is 7.16. The topological polar surface area (TPSA) is 167 Å². The summed E-state index contributed by atoms with van der Waals surface area (Å²) >= 11 is 0. The van der Waals surface area contributed by atoms with E-state index in [1.165, 1.54) is 0 Å². The second-order valence-electron chi connectivity index (χ2n) is 8.29. The van der Waals surface area contributed by atoms with E-state index in [1.54, 1.807) is 18.5 Å². The van der Waals surface area contributed by atoms with Gasteiger partial charge < -0.3 is 35.6 Å². The maximum atomic E-state index is 10.2. The first kappa shape index (κ1) is 26.2. The molecule has 0 aliphatic heterocycles. The molecule has 2 heterocycles. The number of amidine groups is 1. The Morgan fingerprint density at radius 2 is 1.82 bits per heavy atom. The van der Waals surface area contributed by atoms with Crippen LogP contribution in [-0.4, -0.2) is 59.0 Å². The Morgan fingerprint density at radius 3 is 2.44 bits per heavy atom. The number of hydrogen-bond acceptors (Lipinski definition) is 9. The van der Waals surface area contributed by atoms with Crippen LogP contribution in [0.3, 0.4) is 0 Å². The molecule has 0 radical (unpaired) electrons. The molecular formula is C21H32N8O3P2. The molecule has 0 amide bonds. The van der Waals surface area contributed by atoms with E-state index in [2.05, 4.69) is 44.4 Å². The number of hydrogen-bond donors (Lipinski definition) is 6. The molecule has 0 fully saturated rings. The normalized spacial score (nSPS) is 13.3. The second kappa shape index (κ2) is 11.8. The zero-order valence-electron chi connectivity index (χ0n) is 19.7. The van der Waals surface area contributed by atoms with Gasteiger partial charge in [-0.15, -0.1) is 0 Å². The standard InChI is InChI=1S/C21H32N8O3P2/c1-13(2)18(22)23-9-10-24-21-27-19(17-20(28-21)29(11-25-17)14(3)4)26-15-5-7-16(8-6-15)33(30)12-34(31)32/h5-8,11,13-14,30-32H,9-10,12H2,1-4H3,(H2,22,23)(H2,24,26,27,28). The lowest BCUT2D eigenvalue weighted by molar-refractivity contribution is 0.487. The molecule has 11 nitrogen and oxygen atoms in total. The van der Waals surface area contributed by atoms with Gasteiger partial charge in [0.2, 0.25) is 5.95 Å². The van der Waals surface area contributed by atoms with Crippen LogP contribution < -0.4 is 21.7 Å². The van der Waals surface area contributed by atoms with E-state index in [0.717, 1.165) is 5.69 Å². The van der Waals surface area contributed by atoms with Crippen LogP contribution >= 0.6 is 16.5 Å². The van der Waals surface area contributed by atoms with Crippen molar-refractivity contribution < 1.29 is 14.7 Å². The molecule has 7 N–H and O–H groups in total. The van der Waals surface area contributed by atoms with E-state index in [4.69, 9.17) is 15.5 Å². The summed E-state index contributed by atoms with van der Waals surface area (Å²) in [6, 6.07) is 7.30. The van der Waals surface area contributed by atoms with Crippen LogP contribution in [0.15, 0.2) is 35.6 Å². The Labute approximate surface area is 201 Å². The number of aromatic nitrogens is 4. The van der Waals surface area contributed by atoms with Gasteiger partial charge in [-0.2, -0.15) is 9.97 Å². The maximum absolute atomic E-state index is 10.2. The molecule has 2 aromatic heterocycles. The fourth-order valence-corrected chi connectivity index (χ4v) is 5.16. The number of rotatable bonds is 11. The van der Waals surface area contributed by atoms with Crippen LogP contribution in [0.2, 0.25) is 0 Å². The predicted octanol–water partition coefficient (Wildman–Crippen LogP) is 2.84. The van der Waals surface area contributed by atoms with E-state index in [9.17, 15) is 4.89 Å². The van der Waals surface area contributed by atoms with Gasteiger partial charge in [0.05, 0.1) is 32.8 Å². The molecule has 0 spiro atoms. The van der Waals surface area contributed by atoms with Crippen LogP contribution in [0.1, 0.15) is 33.7 Å². The minimum Gasteiger partial charge on any atom is -0.387 e. The van der Waals surface area contributed by atoms with Crippen molar-refractivity contribution in [3.8, 4) is 0 Å². The summed E-state index contributed by atoms with van der Waals surface area (Å²) in [5.74, 6) is 1.78. The Balaban J connectivity index is 1.83. The Hall–Kier alpha value is -2.42. The highest BCUT2D eigenvalue weighted by Crippen LogP contribution is 2.42. The van der Waals surface area contributed by atoms with Crippen molar-refractivity contribution >= 4 is 56.3 Å². The van der Waals surface area contributed by atoms with Crippen LogP contribution in [0.4, 0.5) is 17.5 Å². The molecule has 0 aliphatic rings. The first-order valence-electron chi connectivity index (χ1n) is 10.9. The van der Waals surface area contributed by atoms with Gasteiger partial charge in [-0.25, -0.2) is 4.98 Å². The minimum atomic E-state index is -2.14. The van der Waals surface area contributed by atoms with Gasteiger partial charge in [-0.1, -0.05) is 26.0 Å². The number of nitrogens with zero attached hydrogens (tertiary/aromatic N) is 5. The SMILES string of the molecule is CC(C)C(N)=NCCNc1nc(Nc2ccc(P(O)CP(O)O)cc2)c2ncn(C(C)C)c2n1. The number of nitrogens with one attached hydrogen (secondary N) is 2. The lowest BCUT2D eigenvalue weighted by Gasteiger charge is -2.13. The van der Waals surface area contributed by atoms with Gasteiger partial charge in [-0.3, -0.25) is 4.99 Å². The van der Waals surface area contributed by atoms with E-state index >= 15 is 0 Å². The molecule has 13 heteroatoms. The molecule has 1 aromatic carbocycles. The first-order valence-corrected chi connectivity index (χ1v) is 13.8. The molecule has 0 saturated heterocycles. The van der Waals surface area contributed by atoms with Crippen molar-refractivity contribution in [2.45, 2.75) is 33.7 Å². The lowest BCUT2D eigenvalue weighted by Crippen LogP contribution is -2.20. The number of benzene rings is 1. The Bertz CT molecular complexity index is 1120. The zero-order chi connectivity index (χ0) is 24.8. The summed E-state index contributed by atoms with van der Waals surface area (Å²) in [4.78, 5) is 46.6. The van der Waals surface area contributed by atoms with Crippen LogP contribution in [-0.2, 0) is 0 Å². The molecule has 0 saturated carbocycles. The van der Waals surface area contributed by atoms with Gasteiger partial charge >= 0.3 is 0 Å². The van der Waals surface area contributed by atoms with Crippen molar-refractivity contribution in [3.63, 3.8) is 0 Å². The summed E-state index contributed by atoms with van der Waals surface area (Å²) in [7, 11) is -3.75. The molecule has 3 rings (SSSR count). The second-order valence-corrected chi connectivity index (χ2v) is 11.5. The maximum Gasteiger partial charge on any atom is 0.226 e. The highest BCUT2D eigenvalue weighted by atomic mass is 31.2. The average molecular weight is 506 g/mol. The highest BCUT2D eigenvalue weighted by Gasteiger charge is 2.16. The minimum absolute atomic E-state index is 0.0293. The molecule has 1 unspecified atom stereocenters. The first-order chi connectivity index (χ1) is 16.2. The van der Waals surface area contributed by atoms with Crippen molar-refractivity contribution in [1.29, 1.82) is 0 Å². The molecular weight excluding hydrogens is 474 g/mol. The summed E-state index contributed by atoms with van der Waals surface area (Å²) in [6.45, 7) is 9.15. The molecule has 0 bridgehead atoms. The lowest BCUT2D eigenvalue weighted by atomic mass is 10.2. The van der Waals surface area contributed by atoms with Gasteiger partial charge in [0, 0.05) is 29.5 Å². The smallest absolute Gasteiger partial charge is 0.226 e.